The minimum atomic E-state index is -1.43. The maximum absolute atomic E-state index is 13.6. The van der Waals surface area contributed by atoms with Crippen LogP contribution in [0.25, 0.3) is 22.3 Å². The van der Waals surface area contributed by atoms with Gasteiger partial charge in [-0.25, -0.2) is 9.97 Å². The molecule has 0 radical (unpaired) electrons. The van der Waals surface area contributed by atoms with Gasteiger partial charge in [-0.05, 0) is 18.1 Å². The second-order valence-electron chi connectivity index (χ2n) is 6.85. The van der Waals surface area contributed by atoms with Gasteiger partial charge in [0.1, 0.15) is 11.4 Å². The van der Waals surface area contributed by atoms with Crippen molar-refractivity contribution in [3.63, 3.8) is 0 Å². The first-order valence-electron chi connectivity index (χ1n) is 9.60. The van der Waals surface area contributed by atoms with Gasteiger partial charge in [-0.3, -0.25) is 9.00 Å². The molecule has 0 spiro atoms. The number of rotatable bonds is 6. The summed E-state index contributed by atoms with van der Waals surface area (Å²) in [6.45, 7) is 2.03. The molecule has 152 valence electrons. The van der Waals surface area contributed by atoms with Crippen LogP contribution < -0.4 is 5.32 Å². The molecule has 1 N–H and O–H groups in total. The normalized spacial score (nSPS) is 13.1. The largest absolute Gasteiger partial charge is 0.345 e. The number of carbonyl (C=O) groups excluding carboxylic acids is 1. The molecule has 0 saturated heterocycles. The highest BCUT2D eigenvalue weighted by atomic mass is 32.2. The van der Waals surface area contributed by atoms with E-state index in [0.29, 0.717) is 32.7 Å². The lowest BCUT2D eigenvalue weighted by molar-refractivity contribution is 0.0934. The van der Waals surface area contributed by atoms with Crippen LogP contribution in [0, 0.1) is 0 Å². The summed E-state index contributed by atoms with van der Waals surface area (Å²) in [6, 6.07) is 17.2. The van der Waals surface area contributed by atoms with Gasteiger partial charge >= 0.3 is 0 Å². The molecule has 0 aliphatic heterocycles. The van der Waals surface area contributed by atoms with Crippen molar-refractivity contribution in [2.24, 2.45) is 0 Å². The van der Waals surface area contributed by atoms with Gasteiger partial charge in [0.25, 0.3) is 5.91 Å². The standard InChI is InChI=1S/C23H21N3O2S2/c1-3-17(15-9-5-4-6-10-15)26-23(27)20-16-11-7-8-12-18(16)25-21(22(20)30(2)28)19-13-29-14-24-19/h4-14,17H,3H2,1-2H3,(H,26,27)/t17-,30?/m0/s1. The van der Waals surface area contributed by atoms with Crippen LogP contribution in [0.2, 0.25) is 0 Å². The summed E-state index contributed by atoms with van der Waals surface area (Å²) in [7, 11) is -1.43. The Bertz CT molecular complexity index is 1210. The van der Waals surface area contributed by atoms with Crippen molar-refractivity contribution < 1.29 is 9.00 Å². The smallest absolute Gasteiger partial charge is 0.253 e. The molecule has 2 heterocycles. The number of amides is 1. The molecule has 1 unspecified atom stereocenters. The summed E-state index contributed by atoms with van der Waals surface area (Å²) in [6.07, 6.45) is 2.31. The number of aromatic nitrogens is 2. The molecule has 2 aromatic heterocycles. The first-order chi connectivity index (χ1) is 14.6. The third-order valence-corrected chi connectivity index (χ3v) is 6.51. The zero-order valence-electron chi connectivity index (χ0n) is 16.7. The van der Waals surface area contributed by atoms with Crippen LogP contribution in [0.15, 0.2) is 70.4 Å². The summed E-state index contributed by atoms with van der Waals surface area (Å²) in [5, 5.41) is 5.68. The number of benzene rings is 2. The van der Waals surface area contributed by atoms with Gasteiger partial charge in [0.15, 0.2) is 0 Å². The van der Waals surface area contributed by atoms with Crippen LogP contribution in [0.4, 0.5) is 0 Å². The summed E-state index contributed by atoms with van der Waals surface area (Å²) in [5.41, 5.74) is 4.93. The Balaban J connectivity index is 1.89. The topological polar surface area (TPSA) is 72.0 Å². The maximum atomic E-state index is 13.6. The maximum Gasteiger partial charge on any atom is 0.253 e. The second kappa shape index (κ2) is 8.85. The highest BCUT2D eigenvalue weighted by Gasteiger charge is 2.26. The number of pyridine rings is 1. The second-order valence-corrected chi connectivity index (χ2v) is 8.89. The molecule has 2 aromatic carbocycles. The predicted molar refractivity (Wildman–Crippen MR) is 122 cm³/mol. The molecule has 5 nitrogen and oxygen atoms in total. The first kappa shape index (κ1) is 20.4. The van der Waals surface area contributed by atoms with Crippen LogP contribution in [0.3, 0.4) is 0 Å². The number of thiazole rings is 1. The summed E-state index contributed by atoms with van der Waals surface area (Å²) in [4.78, 5) is 23.0. The minimum absolute atomic E-state index is 0.147. The van der Waals surface area contributed by atoms with Gasteiger partial charge in [-0.15, -0.1) is 11.3 Å². The fourth-order valence-electron chi connectivity index (χ4n) is 3.54. The summed E-state index contributed by atoms with van der Waals surface area (Å²) in [5.74, 6) is -0.258. The number of nitrogens with zero attached hydrogens (tertiary/aromatic N) is 2. The van der Waals surface area contributed by atoms with Crippen LogP contribution in [0.5, 0.6) is 0 Å². The van der Waals surface area contributed by atoms with Gasteiger partial charge in [-0.1, -0.05) is 55.5 Å². The summed E-state index contributed by atoms with van der Waals surface area (Å²) >= 11 is 1.44. The van der Waals surface area contributed by atoms with Crippen molar-refractivity contribution in [3.05, 3.63) is 76.6 Å². The Labute approximate surface area is 181 Å². The van der Waals surface area contributed by atoms with Gasteiger partial charge in [0, 0.05) is 17.0 Å². The van der Waals surface area contributed by atoms with Gasteiger partial charge < -0.3 is 5.32 Å². The first-order valence-corrected chi connectivity index (χ1v) is 12.1. The molecule has 4 rings (SSSR count). The predicted octanol–water partition coefficient (Wildman–Crippen LogP) is 4.98. The Morgan fingerprint density at radius 2 is 1.87 bits per heavy atom. The molecule has 1 amide bonds. The molecular weight excluding hydrogens is 414 g/mol. The van der Waals surface area contributed by atoms with Crippen LogP contribution in [-0.2, 0) is 10.8 Å². The van der Waals surface area contributed by atoms with Crippen molar-refractivity contribution in [1.82, 2.24) is 15.3 Å². The number of carbonyl (C=O) groups is 1. The van der Waals surface area contributed by atoms with E-state index in [1.165, 1.54) is 11.3 Å². The van der Waals surface area contributed by atoms with Crippen molar-refractivity contribution in [3.8, 4) is 11.4 Å². The average molecular weight is 436 g/mol. The van der Waals surface area contributed by atoms with Crippen molar-refractivity contribution >= 4 is 38.9 Å². The Kier molecular flexibility index (Phi) is 6.01. The Morgan fingerprint density at radius 1 is 1.13 bits per heavy atom. The van der Waals surface area contributed by atoms with E-state index in [1.807, 2.05) is 66.9 Å². The highest BCUT2D eigenvalue weighted by Crippen LogP contribution is 2.32. The van der Waals surface area contributed by atoms with E-state index in [2.05, 4.69) is 10.3 Å². The van der Waals surface area contributed by atoms with E-state index in [1.54, 1.807) is 11.8 Å². The fraction of sp³-hybridized carbons (Fsp3) is 0.174. The lowest BCUT2D eigenvalue weighted by Crippen LogP contribution is -2.29. The number of hydrogen-bond acceptors (Lipinski definition) is 5. The fourth-order valence-corrected chi connectivity index (χ4v) is 4.99. The molecule has 7 heteroatoms. The SMILES string of the molecule is CC[C@H](NC(=O)c1c(S(C)=O)c(-c2cscn2)nc2ccccc12)c1ccccc1. The third kappa shape index (κ3) is 3.91. The average Bonchev–Trinajstić information content (AvgIpc) is 3.31. The molecule has 0 aliphatic rings. The van der Waals surface area contributed by atoms with E-state index in [0.717, 1.165) is 12.0 Å². The van der Waals surface area contributed by atoms with Gasteiger partial charge in [0.05, 0.1) is 38.3 Å². The van der Waals surface area contributed by atoms with Crippen molar-refractivity contribution in [1.29, 1.82) is 0 Å². The van der Waals surface area contributed by atoms with Crippen LogP contribution in [0.1, 0.15) is 35.3 Å². The Morgan fingerprint density at radius 3 is 2.53 bits per heavy atom. The van der Waals surface area contributed by atoms with E-state index in [4.69, 9.17) is 4.98 Å². The van der Waals surface area contributed by atoms with Crippen LogP contribution >= 0.6 is 11.3 Å². The zero-order valence-corrected chi connectivity index (χ0v) is 18.3. The molecule has 0 saturated carbocycles. The highest BCUT2D eigenvalue weighted by molar-refractivity contribution is 7.84. The van der Waals surface area contributed by atoms with Crippen LogP contribution in [-0.4, -0.2) is 26.3 Å². The minimum Gasteiger partial charge on any atom is -0.345 e. The number of hydrogen-bond donors (Lipinski definition) is 1. The molecule has 4 aromatic rings. The number of nitrogens with one attached hydrogen (secondary N) is 1. The van der Waals surface area contributed by atoms with E-state index >= 15 is 0 Å². The van der Waals surface area contributed by atoms with E-state index < -0.39 is 10.8 Å². The quantitative estimate of drug-likeness (QED) is 0.464. The van der Waals surface area contributed by atoms with Gasteiger partial charge in [-0.2, -0.15) is 0 Å². The van der Waals surface area contributed by atoms with Crippen molar-refractivity contribution in [2.45, 2.75) is 24.3 Å². The lowest BCUT2D eigenvalue weighted by Gasteiger charge is -2.20. The summed E-state index contributed by atoms with van der Waals surface area (Å²) < 4.78 is 12.8. The lowest BCUT2D eigenvalue weighted by atomic mass is 10.0. The Hall–Kier alpha value is -2.90. The molecule has 2 atom stereocenters. The zero-order chi connectivity index (χ0) is 21.1. The number of fused-ring (bicyclic) bond motifs is 1. The third-order valence-electron chi connectivity index (χ3n) is 4.95. The molecule has 0 bridgehead atoms. The molecule has 0 aliphatic carbocycles. The van der Waals surface area contributed by atoms with E-state index in [9.17, 15) is 9.00 Å². The molecule has 30 heavy (non-hydrogen) atoms. The molecular formula is C23H21N3O2S2. The van der Waals surface area contributed by atoms with Crippen molar-refractivity contribution in [2.75, 3.05) is 6.26 Å². The molecule has 0 fully saturated rings. The monoisotopic (exact) mass is 435 g/mol. The number of para-hydroxylation sites is 1. The van der Waals surface area contributed by atoms with E-state index in [-0.39, 0.29) is 11.9 Å². The van der Waals surface area contributed by atoms with Gasteiger partial charge in [0.2, 0.25) is 0 Å².